The summed E-state index contributed by atoms with van der Waals surface area (Å²) in [7, 11) is 0. The molecule has 5 heteroatoms. The first-order chi connectivity index (χ1) is 7.81. The van der Waals surface area contributed by atoms with Crippen LogP contribution >= 0.6 is 0 Å². The van der Waals surface area contributed by atoms with Crippen LogP contribution in [0.25, 0.3) is 0 Å². The van der Waals surface area contributed by atoms with Crippen molar-refractivity contribution in [1.82, 2.24) is 20.5 Å². The quantitative estimate of drug-likeness (QED) is 0.807. The molecule has 1 aliphatic rings. The Kier molecular flexibility index (Phi) is 3.90. The van der Waals surface area contributed by atoms with Crippen molar-refractivity contribution >= 4 is 0 Å². The lowest BCUT2D eigenvalue weighted by atomic mass is 10.2. The fraction of sp³-hybridized carbons (Fsp3) is 0.818. The first kappa shape index (κ1) is 11.5. The molecule has 16 heavy (non-hydrogen) atoms. The van der Waals surface area contributed by atoms with Crippen molar-refractivity contribution in [2.75, 3.05) is 19.6 Å². The van der Waals surface area contributed by atoms with Crippen LogP contribution in [-0.4, -0.2) is 40.9 Å². The molecule has 0 saturated carbocycles. The molecule has 0 aromatic carbocycles. The molecule has 0 amide bonds. The Morgan fingerprint density at radius 2 is 2.38 bits per heavy atom. The molecule has 1 aromatic rings. The molecule has 0 radical (unpaired) electrons. The Bertz CT molecular complexity index is 320. The van der Waals surface area contributed by atoms with Crippen LogP contribution < -0.4 is 5.32 Å². The van der Waals surface area contributed by atoms with E-state index in [0.29, 0.717) is 6.04 Å². The summed E-state index contributed by atoms with van der Waals surface area (Å²) in [5.41, 5.74) is 1.88. The minimum absolute atomic E-state index is 0.635. The molecule has 1 fully saturated rings. The monoisotopic (exact) mass is 224 g/mol. The van der Waals surface area contributed by atoms with Crippen molar-refractivity contribution in [3.05, 3.63) is 11.4 Å². The van der Waals surface area contributed by atoms with Gasteiger partial charge < -0.3 is 5.32 Å². The van der Waals surface area contributed by atoms with E-state index >= 15 is 0 Å². The molecule has 2 heterocycles. The van der Waals surface area contributed by atoms with Gasteiger partial charge in [-0.3, -0.25) is 4.90 Å². The maximum Gasteiger partial charge on any atom is 0.122 e. The molecule has 1 N–H and O–H groups in total. The van der Waals surface area contributed by atoms with Gasteiger partial charge in [-0.15, -0.1) is 0 Å². The lowest BCUT2D eigenvalue weighted by molar-refractivity contribution is 0.192. The van der Waals surface area contributed by atoms with E-state index in [1.807, 2.05) is 6.92 Å². The summed E-state index contributed by atoms with van der Waals surface area (Å²) in [5.74, 6) is 0. The van der Waals surface area contributed by atoms with Gasteiger partial charge in [0.15, 0.2) is 0 Å². The van der Waals surface area contributed by atoms with Gasteiger partial charge in [-0.1, -0.05) is 17.2 Å². The molecular weight excluding hydrogens is 204 g/mol. The summed E-state index contributed by atoms with van der Waals surface area (Å²) in [6, 6.07) is 0.635. The summed E-state index contributed by atoms with van der Waals surface area (Å²) in [4.78, 5) is 2.48. The molecule has 0 aliphatic carbocycles. The fourth-order valence-electron chi connectivity index (χ4n) is 2.21. The third kappa shape index (κ3) is 2.59. The van der Waals surface area contributed by atoms with Gasteiger partial charge in [-0.05, 0) is 32.9 Å². The molecule has 2 rings (SSSR count). The zero-order chi connectivity index (χ0) is 11.4. The molecular formula is C11H20N4O. The Hall–Kier alpha value is -0.940. The zero-order valence-electron chi connectivity index (χ0n) is 10.1. The first-order valence-electron chi connectivity index (χ1n) is 6.04. The molecule has 1 aromatic heterocycles. The Morgan fingerprint density at radius 1 is 1.50 bits per heavy atom. The number of rotatable bonds is 5. The van der Waals surface area contributed by atoms with Crippen LogP contribution in [0.15, 0.2) is 4.63 Å². The predicted molar refractivity (Wildman–Crippen MR) is 61.0 cm³/mol. The van der Waals surface area contributed by atoms with Crippen LogP contribution in [0.3, 0.4) is 0 Å². The first-order valence-corrected chi connectivity index (χ1v) is 6.04. The smallest absolute Gasteiger partial charge is 0.122 e. The highest BCUT2D eigenvalue weighted by Gasteiger charge is 2.23. The zero-order valence-corrected chi connectivity index (χ0v) is 10.1. The SMILES string of the molecule is CCCN(Cc1nonc1C)C1CCNC1. The lowest BCUT2D eigenvalue weighted by Gasteiger charge is -2.26. The van der Waals surface area contributed by atoms with E-state index in [-0.39, 0.29) is 0 Å². The number of nitrogens with zero attached hydrogens (tertiary/aromatic N) is 3. The number of nitrogens with one attached hydrogen (secondary N) is 1. The topological polar surface area (TPSA) is 54.2 Å². The molecule has 1 aliphatic heterocycles. The van der Waals surface area contributed by atoms with Gasteiger partial charge in [0.25, 0.3) is 0 Å². The van der Waals surface area contributed by atoms with Gasteiger partial charge in [0.2, 0.25) is 0 Å². The van der Waals surface area contributed by atoms with Crippen molar-refractivity contribution in [2.24, 2.45) is 0 Å². The number of hydrogen-bond donors (Lipinski definition) is 1. The van der Waals surface area contributed by atoms with E-state index < -0.39 is 0 Å². The number of aromatic nitrogens is 2. The molecule has 5 nitrogen and oxygen atoms in total. The number of aryl methyl sites for hydroxylation is 1. The van der Waals surface area contributed by atoms with E-state index in [4.69, 9.17) is 4.63 Å². The maximum atomic E-state index is 4.74. The minimum atomic E-state index is 0.635. The summed E-state index contributed by atoms with van der Waals surface area (Å²) >= 11 is 0. The Labute approximate surface area is 96.2 Å². The van der Waals surface area contributed by atoms with Crippen molar-refractivity contribution < 1.29 is 4.63 Å². The molecule has 1 unspecified atom stereocenters. The fourth-order valence-corrected chi connectivity index (χ4v) is 2.21. The third-order valence-electron chi connectivity index (χ3n) is 3.16. The second-order valence-corrected chi connectivity index (χ2v) is 4.41. The van der Waals surface area contributed by atoms with E-state index in [0.717, 1.165) is 37.6 Å². The van der Waals surface area contributed by atoms with E-state index in [2.05, 4.69) is 27.5 Å². The van der Waals surface area contributed by atoms with Gasteiger partial charge in [0.05, 0.1) is 0 Å². The average molecular weight is 224 g/mol. The molecule has 1 saturated heterocycles. The van der Waals surface area contributed by atoms with Gasteiger partial charge in [-0.25, -0.2) is 4.63 Å². The average Bonchev–Trinajstić information content (AvgIpc) is 2.90. The van der Waals surface area contributed by atoms with Crippen LogP contribution in [-0.2, 0) is 6.54 Å². The molecule has 1 atom stereocenters. The third-order valence-corrected chi connectivity index (χ3v) is 3.16. The van der Waals surface area contributed by atoms with Crippen LogP contribution in [0.5, 0.6) is 0 Å². The normalized spacial score (nSPS) is 20.8. The molecule has 90 valence electrons. The molecule has 0 bridgehead atoms. The second kappa shape index (κ2) is 5.41. The minimum Gasteiger partial charge on any atom is -0.315 e. The number of hydrogen-bond acceptors (Lipinski definition) is 5. The summed E-state index contributed by atoms with van der Waals surface area (Å²) in [5, 5.41) is 11.2. The van der Waals surface area contributed by atoms with Crippen molar-refractivity contribution in [2.45, 2.75) is 39.3 Å². The van der Waals surface area contributed by atoms with E-state index in [9.17, 15) is 0 Å². The van der Waals surface area contributed by atoms with Gasteiger partial charge in [0, 0.05) is 19.1 Å². The summed E-state index contributed by atoms with van der Waals surface area (Å²) in [6.07, 6.45) is 2.39. The largest absolute Gasteiger partial charge is 0.315 e. The van der Waals surface area contributed by atoms with Gasteiger partial charge >= 0.3 is 0 Å². The van der Waals surface area contributed by atoms with Crippen molar-refractivity contribution in [3.63, 3.8) is 0 Å². The Balaban J connectivity index is 1.99. The highest BCUT2D eigenvalue weighted by molar-refractivity contribution is 5.04. The Morgan fingerprint density at radius 3 is 2.94 bits per heavy atom. The highest BCUT2D eigenvalue weighted by Crippen LogP contribution is 2.14. The van der Waals surface area contributed by atoms with Crippen LogP contribution in [0.2, 0.25) is 0 Å². The second-order valence-electron chi connectivity index (χ2n) is 4.41. The summed E-state index contributed by atoms with van der Waals surface area (Å²) in [6.45, 7) is 8.34. The van der Waals surface area contributed by atoms with Crippen molar-refractivity contribution in [3.8, 4) is 0 Å². The van der Waals surface area contributed by atoms with Crippen LogP contribution in [0.4, 0.5) is 0 Å². The van der Waals surface area contributed by atoms with E-state index in [1.54, 1.807) is 0 Å². The predicted octanol–water partition coefficient (Wildman–Crippen LogP) is 0.952. The van der Waals surface area contributed by atoms with Crippen LogP contribution in [0.1, 0.15) is 31.2 Å². The van der Waals surface area contributed by atoms with Crippen molar-refractivity contribution in [1.29, 1.82) is 0 Å². The van der Waals surface area contributed by atoms with Crippen LogP contribution in [0, 0.1) is 6.92 Å². The summed E-state index contributed by atoms with van der Waals surface area (Å²) < 4.78 is 4.74. The van der Waals surface area contributed by atoms with Gasteiger partial charge in [-0.2, -0.15) is 0 Å². The van der Waals surface area contributed by atoms with Gasteiger partial charge in [0.1, 0.15) is 11.4 Å². The maximum absolute atomic E-state index is 4.74. The standard InChI is InChI=1S/C11H20N4O/c1-3-6-15(10-4-5-12-7-10)8-11-9(2)13-16-14-11/h10,12H,3-8H2,1-2H3. The lowest BCUT2D eigenvalue weighted by Crippen LogP contribution is -2.37. The molecule has 0 spiro atoms. The highest BCUT2D eigenvalue weighted by atomic mass is 16.6. The van der Waals surface area contributed by atoms with E-state index in [1.165, 1.54) is 12.8 Å².